The van der Waals surface area contributed by atoms with Gasteiger partial charge in [0.25, 0.3) is 11.8 Å². The van der Waals surface area contributed by atoms with Gasteiger partial charge in [0.05, 0.1) is 11.7 Å². The van der Waals surface area contributed by atoms with Crippen molar-refractivity contribution in [3.05, 3.63) is 53.3 Å². The molecule has 0 spiro atoms. The fourth-order valence-electron chi connectivity index (χ4n) is 4.38. The smallest absolute Gasteiger partial charge is 0.387 e. The molecule has 0 saturated carbocycles. The third kappa shape index (κ3) is 7.17. The van der Waals surface area contributed by atoms with Crippen molar-refractivity contribution in [3.63, 3.8) is 0 Å². The van der Waals surface area contributed by atoms with Crippen molar-refractivity contribution in [2.75, 3.05) is 26.7 Å². The Balaban J connectivity index is 1.69. The number of benzene rings is 1. The van der Waals surface area contributed by atoms with Gasteiger partial charge in [-0.25, -0.2) is 0 Å². The van der Waals surface area contributed by atoms with Gasteiger partial charge in [0, 0.05) is 51.8 Å². The number of pyridine rings is 1. The molecular formula is C27H34F2N4O5. The summed E-state index contributed by atoms with van der Waals surface area (Å²) in [5, 5.41) is 2.83. The molecule has 9 nitrogen and oxygen atoms in total. The number of carbonyl (C=O) groups is 3. The Hall–Kier alpha value is -3.76. The van der Waals surface area contributed by atoms with Gasteiger partial charge in [-0.3, -0.25) is 19.4 Å². The molecule has 11 heteroatoms. The number of aromatic nitrogens is 1. The van der Waals surface area contributed by atoms with Crippen LogP contribution in [0, 0.1) is 0 Å². The molecule has 0 unspecified atom stereocenters. The van der Waals surface area contributed by atoms with Crippen LogP contribution in [-0.2, 0) is 4.79 Å². The van der Waals surface area contributed by atoms with E-state index in [1.807, 2.05) is 6.92 Å². The van der Waals surface area contributed by atoms with Crippen LogP contribution in [0.15, 0.2) is 36.5 Å². The first-order valence-corrected chi connectivity index (χ1v) is 12.5. The molecule has 0 bridgehead atoms. The Morgan fingerprint density at radius 2 is 1.89 bits per heavy atom. The molecule has 1 fully saturated rings. The van der Waals surface area contributed by atoms with Crippen LogP contribution >= 0.6 is 0 Å². The van der Waals surface area contributed by atoms with Crippen molar-refractivity contribution in [3.8, 4) is 11.5 Å². The number of hydrogen-bond donors (Lipinski definition) is 1. The second kappa shape index (κ2) is 12.7. The van der Waals surface area contributed by atoms with Crippen LogP contribution in [0.1, 0.15) is 66.4 Å². The van der Waals surface area contributed by atoms with E-state index in [0.717, 1.165) is 5.56 Å². The standard InChI is InChI=1S/C27H34F2N4O5/c1-6-32(5)26(36)19-7-9-22(30-13-19)25(35)31-14-21-11-20(15-33(21)17(4)34)18-8-10-23(38-27(28)29)24(12-18)37-16(2)3/h7-10,12-13,16,20-21,27H,6,11,14-15H2,1-5H3,(H,31,35)/t20-,21-/m1/s1. The molecule has 38 heavy (non-hydrogen) atoms. The first kappa shape index (κ1) is 28.8. The first-order valence-electron chi connectivity index (χ1n) is 12.5. The van der Waals surface area contributed by atoms with E-state index in [4.69, 9.17) is 4.74 Å². The van der Waals surface area contributed by atoms with Gasteiger partial charge in [-0.1, -0.05) is 6.07 Å². The Morgan fingerprint density at radius 3 is 2.47 bits per heavy atom. The van der Waals surface area contributed by atoms with Crippen LogP contribution < -0.4 is 14.8 Å². The van der Waals surface area contributed by atoms with Crippen molar-refractivity contribution in [2.24, 2.45) is 0 Å². The SMILES string of the molecule is CCN(C)C(=O)c1ccc(C(=O)NC[C@H]2C[C@@H](c3ccc(OC(F)F)c(OC(C)C)c3)CN2C(C)=O)nc1. The number of likely N-dealkylation sites (tertiary alicyclic amines) is 1. The zero-order chi connectivity index (χ0) is 28.0. The number of ether oxygens (including phenoxy) is 2. The maximum absolute atomic E-state index is 12.8. The largest absolute Gasteiger partial charge is 0.487 e. The molecule has 2 heterocycles. The summed E-state index contributed by atoms with van der Waals surface area (Å²) in [7, 11) is 1.68. The maximum Gasteiger partial charge on any atom is 0.387 e. The fraction of sp³-hybridized carbons (Fsp3) is 0.481. The van der Waals surface area contributed by atoms with Gasteiger partial charge in [0.15, 0.2) is 11.5 Å². The third-order valence-electron chi connectivity index (χ3n) is 6.40. The lowest BCUT2D eigenvalue weighted by Crippen LogP contribution is -2.42. The van der Waals surface area contributed by atoms with Gasteiger partial charge in [0.1, 0.15) is 5.69 Å². The normalized spacial score (nSPS) is 17.0. The second-order valence-electron chi connectivity index (χ2n) is 9.47. The van der Waals surface area contributed by atoms with Gasteiger partial charge in [-0.05, 0) is 57.0 Å². The highest BCUT2D eigenvalue weighted by Crippen LogP contribution is 2.37. The molecule has 1 saturated heterocycles. The van der Waals surface area contributed by atoms with E-state index in [0.29, 0.717) is 25.1 Å². The number of nitrogens with zero attached hydrogens (tertiary/aromatic N) is 3. The van der Waals surface area contributed by atoms with Crippen molar-refractivity contribution in [1.29, 1.82) is 0 Å². The zero-order valence-electron chi connectivity index (χ0n) is 22.2. The van der Waals surface area contributed by atoms with E-state index in [-0.39, 0.29) is 53.6 Å². The van der Waals surface area contributed by atoms with Gasteiger partial charge in [-0.2, -0.15) is 8.78 Å². The Kier molecular flexibility index (Phi) is 9.60. The number of halogens is 2. The average Bonchev–Trinajstić information content (AvgIpc) is 3.31. The molecule has 0 aliphatic carbocycles. The van der Waals surface area contributed by atoms with Crippen LogP contribution in [-0.4, -0.2) is 77.9 Å². The van der Waals surface area contributed by atoms with E-state index in [1.165, 1.54) is 25.3 Å². The van der Waals surface area contributed by atoms with E-state index in [9.17, 15) is 23.2 Å². The lowest BCUT2D eigenvalue weighted by molar-refractivity contribution is -0.129. The summed E-state index contributed by atoms with van der Waals surface area (Å²) in [5.41, 5.74) is 1.37. The van der Waals surface area contributed by atoms with Gasteiger partial charge < -0.3 is 24.6 Å². The molecule has 1 aliphatic heterocycles. The molecule has 206 valence electrons. The zero-order valence-corrected chi connectivity index (χ0v) is 22.2. The minimum Gasteiger partial charge on any atom is -0.487 e. The summed E-state index contributed by atoms with van der Waals surface area (Å²) in [4.78, 5) is 44.7. The third-order valence-corrected chi connectivity index (χ3v) is 6.40. The lowest BCUT2D eigenvalue weighted by Gasteiger charge is -2.23. The monoisotopic (exact) mass is 532 g/mol. The second-order valence-corrected chi connectivity index (χ2v) is 9.47. The Bertz CT molecular complexity index is 1140. The van der Waals surface area contributed by atoms with E-state index >= 15 is 0 Å². The Labute approximate surface area is 221 Å². The number of alkyl halides is 2. The summed E-state index contributed by atoms with van der Waals surface area (Å²) in [6.45, 7) is 5.09. The maximum atomic E-state index is 12.8. The molecule has 0 radical (unpaired) electrons. The van der Waals surface area contributed by atoms with Crippen LogP contribution in [0.2, 0.25) is 0 Å². The first-order chi connectivity index (χ1) is 18.0. The summed E-state index contributed by atoms with van der Waals surface area (Å²) in [6.07, 6.45) is 1.67. The molecular weight excluding hydrogens is 498 g/mol. The molecule has 3 amide bonds. The molecule has 2 aromatic rings. The summed E-state index contributed by atoms with van der Waals surface area (Å²) in [6, 6.07) is 7.59. The Morgan fingerprint density at radius 1 is 1.16 bits per heavy atom. The van der Waals surface area contributed by atoms with Gasteiger partial charge >= 0.3 is 6.61 Å². The van der Waals surface area contributed by atoms with Crippen molar-refractivity contribution >= 4 is 17.7 Å². The van der Waals surface area contributed by atoms with Crippen molar-refractivity contribution in [2.45, 2.75) is 58.8 Å². The molecule has 1 aromatic carbocycles. The van der Waals surface area contributed by atoms with Gasteiger partial charge in [-0.15, -0.1) is 0 Å². The summed E-state index contributed by atoms with van der Waals surface area (Å²) in [5.74, 6) is -0.664. The number of carbonyl (C=O) groups excluding carboxylic acids is 3. The molecule has 1 aliphatic rings. The minimum atomic E-state index is -2.98. The molecule has 1 aromatic heterocycles. The van der Waals surface area contributed by atoms with E-state index in [1.54, 1.807) is 48.9 Å². The summed E-state index contributed by atoms with van der Waals surface area (Å²) >= 11 is 0. The lowest BCUT2D eigenvalue weighted by atomic mass is 9.96. The highest BCUT2D eigenvalue weighted by Gasteiger charge is 2.35. The molecule has 2 atom stereocenters. The van der Waals surface area contributed by atoms with Crippen LogP contribution in [0.25, 0.3) is 0 Å². The topological polar surface area (TPSA) is 101 Å². The number of amides is 3. The van der Waals surface area contributed by atoms with Crippen LogP contribution in [0.5, 0.6) is 11.5 Å². The van der Waals surface area contributed by atoms with Crippen molar-refractivity contribution < 1.29 is 32.6 Å². The molecule has 3 rings (SSSR count). The highest BCUT2D eigenvalue weighted by molar-refractivity contribution is 5.96. The van der Waals surface area contributed by atoms with Crippen LogP contribution in [0.4, 0.5) is 8.78 Å². The predicted molar refractivity (Wildman–Crippen MR) is 137 cm³/mol. The van der Waals surface area contributed by atoms with E-state index in [2.05, 4.69) is 15.0 Å². The molecule has 1 N–H and O–H groups in total. The number of nitrogens with one attached hydrogen (secondary N) is 1. The predicted octanol–water partition coefficient (Wildman–Crippen LogP) is 3.70. The van der Waals surface area contributed by atoms with Crippen LogP contribution in [0.3, 0.4) is 0 Å². The fourth-order valence-corrected chi connectivity index (χ4v) is 4.38. The minimum absolute atomic E-state index is 0.0516. The van der Waals surface area contributed by atoms with E-state index < -0.39 is 12.5 Å². The van der Waals surface area contributed by atoms with Crippen molar-refractivity contribution in [1.82, 2.24) is 20.1 Å². The van der Waals surface area contributed by atoms with Gasteiger partial charge in [0.2, 0.25) is 5.91 Å². The summed E-state index contributed by atoms with van der Waals surface area (Å²) < 4.78 is 35.9. The number of hydrogen-bond acceptors (Lipinski definition) is 6. The highest BCUT2D eigenvalue weighted by atomic mass is 19.3. The quantitative estimate of drug-likeness (QED) is 0.501. The number of rotatable bonds is 10. The average molecular weight is 533 g/mol.